The molecule has 0 spiro atoms. The number of nitrogens with zero attached hydrogens (tertiary/aromatic N) is 5. The minimum atomic E-state index is -2.36. The first-order chi connectivity index (χ1) is 15.4. The molecule has 3 rings (SSSR count). The molecule has 0 amide bonds. The molecule has 0 aliphatic carbocycles. The number of aryl methyl sites for hydroxylation is 1. The number of nitriles is 1. The molecule has 172 valence electrons. The Kier molecular flexibility index (Phi) is 6.02. The fourth-order valence-corrected chi connectivity index (χ4v) is 3.45. The van der Waals surface area contributed by atoms with Crippen molar-refractivity contribution in [3.8, 4) is 11.8 Å². The van der Waals surface area contributed by atoms with Gasteiger partial charge in [0.05, 0.1) is 35.0 Å². The standard InChI is InChI=1S/C21H20F3N7O2/c1-11-6-12(10-28-9-11)30-19(32)17(18(21(2,3)24)29(5-4-25)20(30)33)31(27)16-8-14(23)13(22)7-15(16)26/h6-10H,5,26-27H2,1-3H3. The second kappa shape index (κ2) is 8.44. The number of benzene rings is 1. The van der Waals surface area contributed by atoms with Crippen LogP contribution in [-0.2, 0) is 12.2 Å². The Bertz CT molecular complexity index is 1400. The summed E-state index contributed by atoms with van der Waals surface area (Å²) in [7, 11) is 0. The molecule has 0 fully saturated rings. The number of anilines is 3. The molecule has 0 unspecified atom stereocenters. The van der Waals surface area contributed by atoms with Crippen LogP contribution < -0.4 is 27.8 Å². The SMILES string of the molecule is Cc1cncc(-n2c(=O)c(N(N)c3cc(F)c(F)cc3N)c(C(C)(C)F)n(CC#N)c2=O)c1. The summed E-state index contributed by atoms with van der Waals surface area (Å²) in [6, 6.07) is 4.52. The normalized spacial score (nSPS) is 11.3. The van der Waals surface area contributed by atoms with E-state index in [2.05, 4.69) is 4.98 Å². The van der Waals surface area contributed by atoms with Crippen LogP contribution in [0.25, 0.3) is 5.69 Å². The summed E-state index contributed by atoms with van der Waals surface area (Å²) < 4.78 is 44.3. The third-order valence-electron chi connectivity index (χ3n) is 4.80. The highest BCUT2D eigenvalue weighted by Crippen LogP contribution is 2.35. The predicted octanol–water partition coefficient (Wildman–Crippen LogP) is 2.30. The Balaban J connectivity index is 2.51. The maximum Gasteiger partial charge on any atom is 0.337 e. The Morgan fingerprint density at radius 1 is 1.18 bits per heavy atom. The van der Waals surface area contributed by atoms with E-state index in [0.717, 1.165) is 18.4 Å². The highest BCUT2D eigenvalue weighted by molar-refractivity contribution is 5.75. The first kappa shape index (κ1) is 23.6. The van der Waals surface area contributed by atoms with Gasteiger partial charge in [-0.15, -0.1) is 0 Å². The summed E-state index contributed by atoms with van der Waals surface area (Å²) in [5.41, 5.74) is 0.128. The van der Waals surface area contributed by atoms with E-state index < -0.39 is 46.5 Å². The van der Waals surface area contributed by atoms with Crippen LogP contribution in [0.4, 0.5) is 30.2 Å². The third kappa shape index (κ3) is 4.18. The van der Waals surface area contributed by atoms with Crippen LogP contribution in [-0.4, -0.2) is 14.1 Å². The summed E-state index contributed by atoms with van der Waals surface area (Å²) >= 11 is 0. The van der Waals surface area contributed by atoms with E-state index in [4.69, 9.17) is 11.6 Å². The van der Waals surface area contributed by atoms with Crippen molar-refractivity contribution >= 4 is 17.1 Å². The van der Waals surface area contributed by atoms with Crippen LogP contribution >= 0.6 is 0 Å². The minimum absolute atomic E-state index is 0.0350. The molecular weight excluding hydrogens is 439 g/mol. The van der Waals surface area contributed by atoms with E-state index >= 15 is 4.39 Å². The minimum Gasteiger partial charge on any atom is -0.397 e. The van der Waals surface area contributed by atoms with Gasteiger partial charge in [-0.25, -0.2) is 28.4 Å². The first-order valence-electron chi connectivity index (χ1n) is 9.56. The Hall–Kier alpha value is -4.11. The molecule has 33 heavy (non-hydrogen) atoms. The number of alkyl halides is 1. The molecule has 0 bridgehead atoms. The van der Waals surface area contributed by atoms with Gasteiger partial charge < -0.3 is 5.73 Å². The fourth-order valence-electron chi connectivity index (χ4n) is 3.45. The van der Waals surface area contributed by atoms with E-state index in [9.17, 15) is 23.6 Å². The van der Waals surface area contributed by atoms with Crippen LogP contribution in [0.3, 0.4) is 0 Å². The molecule has 0 atom stereocenters. The number of nitrogen functional groups attached to an aromatic ring is 1. The van der Waals surface area contributed by atoms with Crippen LogP contribution in [0.15, 0.2) is 40.2 Å². The largest absolute Gasteiger partial charge is 0.397 e. The maximum atomic E-state index is 15.4. The molecule has 0 saturated carbocycles. The van der Waals surface area contributed by atoms with Gasteiger partial charge in [-0.05, 0) is 32.4 Å². The smallest absolute Gasteiger partial charge is 0.337 e. The van der Waals surface area contributed by atoms with Gasteiger partial charge in [0.1, 0.15) is 17.9 Å². The number of hydrazine groups is 1. The zero-order valence-corrected chi connectivity index (χ0v) is 17.9. The zero-order valence-electron chi connectivity index (χ0n) is 17.9. The van der Waals surface area contributed by atoms with Gasteiger partial charge >= 0.3 is 5.69 Å². The van der Waals surface area contributed by atoms with Crippen molar-refractivity contribution in [2.45, 2.75) is 33.0 Å². The number of rotatable bonds is 5. The highest BCUT2D eigenvalue weighted by Gasteiger charge is 2.34. The number of halogens is 3. The van der Waals surface area contributed by atoms with E-state index in [-0.39, 0.29) is 17.1 Å². The van der Waals surface area contributed by atoms with Crippen molar-refractivity contribution in [3.05, 3.63) is 74.3 Å². The van der Waals surface area contributed by atoms with Gasteiger partial charge in [-0.2, -0.15) is 5.26 Å². The average molecular weight is 459 g/mol. The number of nitrogens with two attached hydrogens (primary N) is 2. The molecule has 12 heteroatoms. The topological polar surface area (TPSA) is 136 Å². The molecule has 2 aromatic heterocycles. The highest BCUT2D eigenvalue weighted by atomic mass is 19.2. The Labute approximate surface area is 185 Å². The molecule has 0 saturated heterocycles. The van der Waals surface area contributed by atoms with E-state index in [1.54, 1.807) is 13.0 Å². The Morgan fingerprint density at radius 3 is 2.39 bits per heavy atom. The van der Waals surface area contributed by atoms with Gasteiger partial charge in [-0.1, -0.05) is 0 Å². The van der Waals surface area contributed by atoms with Crippen molar-refractivity contribution in [2.24, 2.45) is 5.84 Å². The number of hydrogen-bond donors (Lipinski definition) is 2. The molecular formula is C21H20F3N7O2. The van der Waals surface area contributed by atoms with Crippen LogP contribution in [0, 0.1) is 29.9 Å². The maximum absolute atomic E-state index is 15.4. The van der Waals surface area contributed by atoms with Crippen molar-refractivity contribution in [2.75, 3.05) is 10.7 Å². The predicted molar refractivity (Wildman–Crippen MR) is 116 cm³/mol. The summed E-state index contributed by atoms with van der Waals surface area (Å²) in [4.78, 5) is 30.7. The lowest BCUT2D eigenvalue weighted by molar-refractivity contribution is 0.205. The summed E-state index contributed by atoms with van der Waals surface area (Å²) in [5.74, 6) is 3.53. The third-order valence-corrected chi connectivity index (χ3v) is 4.80. The molecule has 2 heterocycles. The molecule has 3 aromatic rings. The zero-order chi connectivity index (χ0) is 24.7. The molecule has 0 aliphatic heterocycles. The van der Waals surface area contributed by atoms with Crippen LogP contribution in [0.2, 0.25) is 0 Å². The monoisotopic (exact) mass is 459 g/mol. The second-order valence-corrected chi connectivity index (χ2v) is 7.75. The van der Waals surface area contributed by atoms with E-state index in [0.29, 0.717) is 27.3 Å². The van der Waals surface area contributed by atoms with Crippen LogP contribution in [0.1, 0.15) is 25.1 Å². The van der Waals surface area contributed by atoms with E-state index in [1.807, 2.05) is 0 Å². The van der Waals surface area contributed by atoms with Gasteiger partial charge in [0, 0.05) is 18.3 Å². The lowest BCUT2D eigenvalue weighted by atomic mass is 10.0. The fraction of sp³-hybridized carbons (Fsp3) is 0.238. The van der Waals surface area contributed by atoms with Gasteiger partial charge in [0.2, 0.25) is 0 Å². The molecule has 9 nitrogen and oxygen atoms in total. The van der Waals surface area contributed by atoms with Crippen molar-refractivity contribution in [1.82, 2.24) is 14.1 Å². The Morgan fingerprint density at radius 2 is 1.82 bits per heavy atom. The molecule has 1 aromatic carbocycles. The van der Waals surface area contributed by atoms with Crippen molar-refractivity contribution in [3.63, 3.8) is 0 Å². The first-order valence-corrected chi connectivity index (χ1v) is 9.56. The number of pyridine rings is 1. The molecule has 0 radical (unpaired) electrons. The van der Waals surface area contributed by atoms with Gasteiger partial charge in [0.15, 0.2) is 11.6 Å². The molecule has 4 N–H and O–H groups in total. The van der Waals surface area contributed by atoms with E-state index in [1.165, 1.54) is 18.5 Å². The summed E-state index contributed by atoms with van der Waals surface area (Å²) in [6.45, 7) is 3.15. The van der Waals surface area contributed by atoms with Crippen LogP contribution in [0.5, 0.6) is 0 Å². The van der Waals surface area contributed by atoms with Crippen molar-refractivity contribution in [1.29, 1.82) is 5.26 Å². The van der Waals surface area contributed by atoms with Gasteiger partial charge in [-0.3, -0.25) is 19.4 Å². The quantitative estimate of drug-likeness (QED) is 0.339. The second-order valence-electron chi connectivity index (χ2n) is 7.75. The summed E-state index contributed by atoms with van der Waals surface area (Å²) in [6.07, 6.45) is 2.71. The van der Waals surface area contributed by atoms with Crippen molar-refractivity contribution < 1.29 is 13.2 Å². The summed E-state index contributed by atoms with van der Waals surface area (Å²) in [5, 5.41) is 9.85. The average Bonchev–Trinajstić information content (AvgIpc) is 2.71. The lowest BCUT2D eigenvalue weighted by Crippen LogP contribution is -2.47. The number of hydrogen-bond acceptors (Lipinski definition) is 7. The van der Waals surface area contributed by atoms with Gasteiger partial charge in [0.25, 0.3) is 5.56 Å². The lowest BCUT2D eigenvalue weighted by Gasteiger charge is -2.29. The number of aromatic nitrogens is 3. The molecule has 0 aliphatic rings.